The summed E-state index contributed by atoms with van der Waals surface area (Å²) in [7, 11) is 1.60. The first-order valence-electron chi connectivity index (χ1n) is 13.2. The number of fused-ring (bicyclic) bond motifs is 1. The first-order chi connectivity index (χ1) is 19.0. The van der Waals surface area contributed by atoms with E-state index in [4.69, 9.17) is 9.47 Å². The van der Waals surface area contributed by atoms with Gasteiger partial charge < -0.3 is 19.7 Å². The number of nitrogens with zero attached hydrogens (tertiary/aromatic N) is 4. The molecule has 4 aromatic rings. The molecule has 2 heterocycles. The Morgan fingerprint density at radius 2 is 1.87 bits per heavy atom. The number of aromatic nitrogens is 3. The minimum absolute atomic E-state index is 0.0219. The number of ether oxygens (including phenoxy) is 2. The molecule has 3 aromatic carbocycles. The molecule has 2 amide bonds. The molecule has 39 heavy (non-hydrogen) atoms. The van der Waals surface area contributed by atoms with Gasteiger partial charge in [-0.3, -0.25) is 9.59 Å². The average molecular weight is 528 g/mol. The third kappa shape index (κ3) is 5.93. The number of methoxy groups -OCH3 is 1. The van der Waals surface area contributed by atoms with Crippen molar-refractivity contribution in [2.75, 3.05) is 20.3 Å². The van der Waals surface area contributed by atoms with E-state index >= 15 is 0 Å². The van der Waals surface area contributed by atoms with E-state index in [0.29, 0.717) is 24.4 Å². The fourth-order valence-electron chi connectivity index (χ4n) is 5.05. The molecule has 0 bridgehead atoms. The highest BCUT2D eigenvalue weighted by Gasteiger charge is 2.34. The van der Waals surface area contributed by atoms with E-state index in [1.165, 1.54) is 0 Å². The molecule has 1 N–H and O–H groups in total. The van der Waals surface area contributed by atoms with Crippen LogP contribution in [-0.2, 0) is 27.4 Å². The summed E-state index contributed by atoms with van der Waals surface area (Å²) in [6.07, 6.45) is 1.86. The Balaban J connectivity index is 1.53. The maximum Gasteiger partial charge on any atom is 0.247 e. The van der Waals surface area contributed by atoms with Crippen molar-refractivity contribution in [3.05, 3.63) is 89.5 Å². The van der Waals surface area contributed by atoms with Gasteiger partial charge in [-0.25, -0.2) is 4.68 Å². The fraction of sp³-hybridized carbons (Fsp3) is 0.333. The van der Waals surface area contributed by atoms with Crippen LogP contribution in [0.2, 0.25) is 0 Å². The first-order valence-corrected chi connectivity index (χ1v) is 13.2. The molecule has 1 aliphatic rings. The van der Waals surface area contributed by atoms with Crippen LogP contribution in [0.15, 0.2) is 72.8 Å². The molecule has 5 rings (SSSR count). The van der Waals surface area contributed by atoms with Gasteiger partial charge in [-0.05, 0) is 49.1 Å². The van der Waals surface area contributed by atoms with Crippen LogP contribution in [0, 0.1) is 6.92 Å². The van der Waals surface area contributed by atoms with Gasteiger partial charge in [-0.2, -0.15) is 0 Å². The Kier molecular flexibility index (Phi) is 8.17. The van der Waals surface area contributed by atoms with Crippen molar-refractivity contribution in [2.24, 2.45) is 0 Å². The number of amides is 2. The molecule has 0 spiro atoms. The summed E-state index contributed by atoms with van der Waals surface area (Å²) in [6, 6.07) is 21.8. The molecule has 0 aliphatic carbocycles. The topological polar surface area (TPSA) is 98.6 Å². The average Bonchev–Trinajstić information content (AvgIpc) is 3.63. The molecule has 1 fully saturated rings. The minimum atomic E-state index is -0.875. The summed E-state index contributed by atoms with van der Waals surface area (Å²) in [5, 5.41) is 11.5. The molecular formula is C30H33N5O4. The summed E-state index contributed by atoms with van der Waals surface area (Å²) in [4.78, 5) is 29.7. The van der Waals surface area contributed by atoms with Gasteiger partial charge in [0, 0.05) is 18.7 Å². The summed E-state index contributed by atoms with van der Waals surface area (Å²) in [6.45, 7) is 3.14. The Morgan fingerprint density at radius 1 is 1.10 bits per heavy atom. The quantitative estimate of drug-likeness (QED) is 0.337. The standard InChI is InChI=1S/C30H33N5O4/c1-21-10-3-5-13-24(21)29(30(37)31-18-23-12-9-17-39-23)34(19-22-11-4-8-16-27(22)38-2)28(36)20-35-26-15-7-6-14-25(26)32-33-35/h3-8,10-11,13-16,23,29H,9,12,17-20H2,1-2H3,(H,31,37)/t23-,29-/m1/s1. The van der Waals surface area contributed by atoms with E-state index in [1.54, 1.807) is 16.7 Å². The molecule has 0 saturated carbocycles. The lowest BCUT2D eigenvalue weighted by Gasteiger charge is -2.33. The first kappa shape index (κ1) is 26.4. The van der Waals surface area contributed by atoms with Gasteiger partial charge in [-0.1, -0.05) is 59.8 Å². The van der Waals surface area contributed by atoms with Crippen molar-refractivity contribution in [2.45, 2.75) is 45.0 Å². The molecule has 2 atom stereocenters. The van der Waals surface area contributed by atoms with Gasteiger partial charge in [0.15, 0.2) is 0 Å². The van der Waals surface area contributed by atoms with Gasteiger partial charge >= 0.3 is 0 Å². The van der Waals surface area contributed by atoms with Gasteiger partial charge in [0.1, 0.15) is 23.9 Å². The van der Waals surface area contributed by atoms with E-state index in [-0.39, 0.29) is 31.0 Å². The third-order valence-electron chi connectivity index (χ3n) is 7.13. The van der Waals surface area contributed by atoms with Crippen LogP contribution in [0.3, 0.4) is 0 Å². The number of carbonyl (C=O) groups is 2. The Labute approximate surface area is 227 Å². The highest BCUT2D eigenvalue weighted by molar-refractivity contribution is 5.89. The van der Waals surface area contributed by atoms with Crippen molar-refractivity contribution >= 4 is 22.8 Å². The van der Waals surface area contributed by atoms with Crippen LogP contribution in [0.4, 0.5) is 0 Å². The van der Waals surface area contributed by atoms with Crippen LogP contribution in [0.25, 0.3) is 11.0 Å². The zero-order chi connectivity index (χ0) is 27.2. The van der Waals surface area contributed by atoms with Crippen molar-refractivity contribution in [1.29, 1.82) is 0 Å². The maximum atomic E-state index is 14.1. The smallest absolute Gasteiger partial charge is 0.247 e. The molecule has 9 nitrogen and oxygen atoms in total. The molecule has 1 saturated heterocycles. The molecule has 202 valence electrons. The highest BCUT2D eigenvalue weighted by atomic mass is 16.5. The van der Waals surface area contributed by atoms with Crippen LogP contribution < -0.4 is 10.1 Å². The monoisotopic (exact) mass is 527 g/mol. The van der Waals surface area contributed by atoms with Crippen LogP contribution in [0.1, 0.15) is 35.6 Å². The Morgan fingerprint density at radius 3 is 2.67 bits per heavy atom. The van der Waals surface area contributed by atoms with Gasteiger partial charge in [0.05, 0.1) is 25.3 Å². The number of carbonyl (C=O) groups excluding carboxylic acids is 2. The molecule has 0 radical (unpaired) electrons. The predicted molar refractivity (Wildman–Crippen MR) is 147 cm³/mol. The van der Waals surface area contributed by atoms with Crippen molar-refractivity contribution in [3.8, 4) is 5.75 Å². The van der Waals surface area contributed by atoms with Crippen LogP contribution in [0.5, 0.6) is 5.75 Å². The van der Waals surface area contributed by atoms with E-state index in [1.807, 2.05) is 79.7 Å². The summed E-state index contributed by atoms with van der Waals surface area (Å²) >= 11 is 0. The Hall–Kier alpha value is -4.24. The SMILES string of the molecule is COc1ccccc1CN(C(=O)Cn1nnc2ccccc21)[C@@H](C(=O)NC[C@H]1CCCO1)c1ccccc1C. The number of rotatable bonds is 10. The zero-order valence-electron chi connectivity index (χ0n) is 22.2. The number of benzene rings is 3. The Bertz CT molecular complexity index is 1450. The summed E-state index contributed by atoms with van der Waals surface area (Å²) in [5.41, 5.74) is 3.92. The van der Waals surface area contributed by atoms with E-state index < -0.39 is 6.04 Å². The third-order valence-corrected chi connectivity index (χ3v) is 7.13. The lowest BCUT2D eigenvalue weighted by Crippen LogP contribution is -2.46. The fourth-order valence-corrected chi connectivity index (χ4v) is 5.05. The van der Waals surface area contributed by atoms with Gasteiger partial charge in [0.2, 0.25) is 11.8 Å². The minimum Gasteiger partial charge on any atom is -0.496 e. The van der Waals surface area contributed by atoms with Crippen molar-refractivity contribution < 1.29 is 19.1 Å². The number of para-hydroxylation sites is 2. The second-order valence-corrected chi connectivity index (χ2v) is 9.71. The van der Waals surface area contributed by atoms with Crippen molar-refractivity contribution in [3.63, 3.8) is 0 Å². The molecule has 0 unspecified atom stereocenters. The van der Waals surface area contributed by atoms with Gasteiger partial charge in [0.25, 0.3) is 0 Å². The number of aryl methyl sites for hydroxylation is 1. The molecule has 9 heteroatoms. The highest BCUT2D eigenvalue weighted by Crippen LogP contribution is 2.29. The van der Waals surface area contributed by atoms with Crippen LogP contribution >= 0.6 is 0 Å². The molecule has 1 aliphatic heterocycles. The number of hydrogen-bond acceptors (Lipinski definition) is 6. The zero-order valence-corrected chi connectivity index (χ0v) is 22.2. The van der Waals surface area contributed by atoms with Crippen LogP contribution in [-0.4, -0.2) is 58.1 Å². The number of hydrogen-bond donors (Lipinski definition) is 1. The number of nitrogens with one attached hydrogen (secondary N) is 1. The molecular weight excluding hydrogens is 494 g/mol. The summed E-state index contributed by atoms with van der Waals surface area (Å²) in [5.74, 6) is 0.119. The molecule has 1 aromatic heterocycles. The predicted octanol–water partition coefficient (Wildman–Crippen LogP) is 3.81. The van der Waals surface area contributed by atoms with Crippen molar-refractivity contribution in [1.82, 2.24) is 25.2 Å². The summed E-state index contributed by atoms with van der Waals surface area (Å²) < 4.78 is 12.9. The lowest BCUT2D eigenvalue weighted by molar-refractivity contribution is -0.142. The van der Waals surface area contributed by atoms with Gasteiger partial charge in [-0.15, -0.1) is 5.10 Å². The second kappa shape index (κ2) is 12.1. The van der Waals surface area contributed by atoms with E-state index in [2.05, 4.69) is 15.6 Å². The maximum absolute atomic E-state index is 14.1. The normalized spacial score (nSPS) is 15.7. The van der Waals surface area contributed by atoms with E-state index in [9.17, 15) is 9.59 Å². The van der Waals surface area contributed by atoms with E-state index in [0.717, 1.165) is 35.0 Å². The second-order valence-electron chi connectivity index (χ2n) is 9.71. The lowest BCUT2D eigenvalue weighted by atomic mass is 9.98. The largest absolute Gasteiger partial charge is 0.496 e.